The van der Waals surface area contributed by atoms with E-state index in [1.165, 1.54) is 0 Å². The fraction of sp³-hybridized carbons (Fsp3) is 0.318. The summed E-state index contributed by atoms with van der Waals surface area (Å²) < 4.78 is 43.9. The highest BCUT2D eigenvalue weighted by Crippen LogP contribution is 2.38. The van der Waals surface area contributed by atoms with Gasteiger partial charge in [0.05, 0.1) is 18.1 Å². The van der Waals surface area contributed by atoms with Crippen molar-refractivity contribution in [3.63, 3.8) is 0 Å². The third kappa shape index (κ3) is 4.64. The molecule has 2 nitrogen and oxygen atoms in total. The van der Waals surface area contributed by atoms with E-state index in [0.717, 1.165) is 48.2 Å². The Hall–Kier alpha value is -2.45. The molecule has 3 rings (SSSR count). The maximum absolute atomic E-state index is 12.9. The van der Waals surface area contributed by atoms with Crippen molar-refractivity contribution in [2.75, 3.05) is 6.54 Å². The second-order valence-corrected chi connectivity index (χ2v) is 6.70. The van der Waals surface area contributed by atoms with Crippen LogP contribution in [0, 0.1) is 18.3 Å². The molecule has 27 heavy (non-hydrogen) atoms. The number of benzene rings is 1. The fourth-order valence-electron chi connectivity index (χ4n) is 3.32. The molecule has 1 aromatic carbocycles. The lowest BCUT2D eigenvalue weighted by Gasteiger charge is -2.39. The molecule has 0 saturated carbocycles. The molecule has 5 heteroatoms. The molecule has 0 bridgehead atoms. The average molecular weight is 372 g/mol. The van der Waals surface area contributed by atoms with E-state index in [-0.39, 0.29) is 12.1 Å². The van der Waals surface area contributed by atoms with Gasteiger partial charge in [-0.05, 0) is 55.5 Å². The number of furan rings is 1. The van der Waals surface area contributed by atoms with Gasteiger partial charge in [0.2, 0.25) is 0 Å². The summed E-state index contributed by atoms with van der Waals surface area (Å²) in [6.07, 6.45) is 2.78. The van der Waals surface area contributed by atoms with Crippen LogP contribution in [0.5, 0.6) is 0 Å². The quantitative estimate of drug-likeness (QED) is 0.618. The Morgan fingerprint density at radius 3 is 2.59 bits per heavy atom. The predicted octanol–water partition coefficient (Wildman–Crippen LogP) is 5.96. The van der Waals surface area contributed by atoms with E-state index in [2.05, 4.69) is 29.7 Å². The van der Waals surface area contributed by atoms with Crippen LogP contribution in [0.1, 0.15) is 48.5 Å². The lowest BCUT2D eigenvalue weighted by Crippen LogP contribution is -2.36. The minimum Gasteiger partial charge on any atom is -0.472 e. The minimum absolute atomic E-state index is 0.0413. The Bertz CT molecular complexity index is 825. The van der Waals surface area contributed by atoms with Crippen molar-refractivity contribution in [1.82, 2.24) is 4.90 Å². The van der Waals surface area contributed by atoms with Crippen molar-refractivity contribution in [3.8, 4) is 11.8 Å². The third-order valence-electron chi connectivity index (χ3n) is 4.62. The van der Waals surface area contributed by atoms with E-state index in [0.29, 0.717) is 0 Å². The van der Waals surface area contributed by atoms with Crippen LogP contribution in [0.3, 0.4) is 0 Å². The van der Waals surface area contributed by atoms with Crippen molar-refractivity contribution in [3.05, 3.63) is 78.1 Å². The molecular weight excluding hydrogens is 351 g/mol. The standard InChI is InChI=1S/C22H21F3NO/c1-16(2)6-11-21(18-12-14-27-15-18)26-13-4-3-5-20(26)17-7-9-19(10-8-17)22(23,24)25/h3,7-10,12,14-15,20-21H,1,4-5,13H2,2H3/t20-,21+/m0/s1. The molecule has 0 N–H and O–H groups in total. The first kappa shape index (κ1) is 19.3. The largest absolute Gasteiger partial charge is 0.472 e. The SMILES string of the molecule is C=C(C)C#C[C@H](c1ccoc1)N1CC[CH]C[C@H]1c1ccc(C(F)(F)F)cc1. The van der Waals surface area contributed by atoms with Gasteiger partial charge in [-0.15, -0.1) is 0 Å². The summed E-state index contributed by atoms with van der Waals surface area (Å²) in [5.41, 5.74) is 1.91. The second kappa shape index (κ2) is 8.06. The molecule has 0 aliphatic carbocycles. The van der Waals surface area contributed by atoms with Crippen molar-refractivity contribution in [1.29, 1.82) is 0 Å². The van der Waals surface area contributed by atoms with Gasteiger partial charge in [-0.1, -0.05) is 30.6 Å². The number of likely N-dealkylation sites (tertiary alicyclic amines) is 1. The normalized spacial score (nSPS) is 19.2. The van der Waals surface area contributed by atoms with Gasteiger partial charge in [-0.3, -0.25) is 4.90 Å². The Balaban J connectivity index is 1.94. The van der Waals surface area contributed by atoms with Crippen LogP contribution in [-0.4, -0.2) is 11.4 Å². The monoisotopic (exact) mass is 372 g/mol. The molecule has 2 aromatic rings. The summed E-state index contributed by atoms with van der Waals surface area (Å²) in [7, 11) is 0. The zero-order chi connectivity index (χ0) is 19.4. The topological polar surface area (TPSA) is 16.4 Å². The van der Waals surface area contributed by atoms with Crippen LogP contribution in [0.2, 0.25) is 0 Å². The fourth-order valence-corrected chi connectivity index (χ4v) is 3.32. The van der Waals surface area contributed by atoms with Gasteiger partial charge < -0.3 is 4.42 Å². The molecule has 1 fully saturated rings. The molecule has 2 heterocycles. The zero-order valence-corrected chi connectivity index (χ0v) is 15.1. The summed E-state index contributed by atoms with van der Waals surface area (Å²) in [5.74, 6) is 6.29. The van der Waals surface area contributed by atoms with Gasteiger partial charge in [0, 0.05) is 18.2 Å². The predicted molar refractivity (Wildman–Crippen MR) is 98.5 cm³/mol. The van der Waals surface area contributed by atoms with E-state index in [1.807, 2.05) is 13.0 Å². The van der Waals surface area contributed by atoms with Gasteiger partial charge in [-0.25, -0.2) is 0 Å². The molecule has 1 aromatic heterocycles. The van der Waals surface area contributed by atoms with Crippen molar-refractivity contribution in [2.24, 2.45) is 0 Å². The van der Waals surface area contributed by atoms with Crippen LogP contribution in [0.15, 0.2) is 59.4 Å². The first-order chi connectivity index (χ1) is 12.9. The zero-order valence-electron chi connectivity index (χ0n) is 15.1. The van der Waals surface area contributed by atoms with E-state index in [4.69, 9.17) is 4.42 Å². The van der Waals surface area contributed by atoms with Crippen LogP contribution in [-0.2, 0) is 6.18 Å². The number of alkyl halides is 3. The van der Waals surface area contributed by atoms with Crippen LogP contribution < -0.4 is 0 Å². The molecule has 1 radical (unpaired) electrons. The summed E-state index contributed by atoms with van der Waals surface area (Å²) in [6.45, 7) is 6.45. The Labute approximate surface area is 157 Å². The highest BCUT2D eigenvalue weighted by Gasteiger charge is 2.33. The Morgan fingerprint density at radius 2 is 2.00 bits per heavy atom. The van der Waals surface area contributed by atoms with Crippen LogP contribution in [0.25, 0.3) is 0 Å². The smallest absolute Gasteiger partial charge is 0.416 e. The molecule has 0 amide bonds. The Kier molecular flexibility index (Phi) is 5.76. The van der Waals surface area contributed by atoms with E-state index in [9.17, 15) is 13.2 Å². The average Bonchev–Trinajstić information content (AvgIpc) is 3.16. The maximum Gasteiger partial charge on any atom is 0.416 e. The number of halogens is 3. The number of piperidine rings is 1. The molecule has 141 valence electrons. The third-order valence-corrected chi connectivity index (χ3v) is 4.62. The number of allylic oxidation sites excluding steroid dienone is 1. The minimum atomic E-state index is -4.33. The number of nitrogens with zero attached hydrogens (tertiary/aromatic N) is 1. The van der Waals surface area contributed by atoms with Gasteiger partial charge in [0.15, 0.2) is 0 Å². The van der Waals surface area contributed by atoms with Crippen molar-refractivity contribution >= 4 is 0 Å². The second-order valence-electron chi connectivity index (χ2n) is 6.70. The lowest BCUT2D eigenvalue weighted by molar-refractivity contribution is -0.137. The molecule has 1 aliphatic rings. The van der Waals surface area contributed by atoms with Gasteiger partial charge in [-0.2, -0.15) is 13.2 Å². The first-order valence-corrected chi connectivity index (χ1v) is 8.80. The van der Waals surface area contributed by atoms with Gasteiger partial charge in [0.1, 0.15) is 6.04 Å². The summed E-state index contributed by atoms with van der Waals surface area (Å²) >= 11 is 0. The van der Waals surface area contributed by atoms with Gasteiger partial charge in [0.25, 0.3) is 0 Å². The Morgan fingerprint density at radius 1 is 1.26 bits per heavy atom. The summed E-state index contributed by atoms with van der Waals surface area (Å²) in [4.78, 5) is 2.23. The number of rotatable bonds is 3. The highest BCUT2D eigenvalue weighted by atomic mass is 19.4. The van der Waals surface area contributed by atoms with Crippen molar-refractivity contribution < 1.29 is 17.6 Å². The lowest BCUT2D eigenvalue weighted by atomic mass is 9.91. The molecule has 2 atom stereocenters. The molecule has 1 aliphatic heterocycles. The summed E-state index contributed by atoms with van der Waals surface area (Å²) in [5, 5.41) is 0. The first-order valence-electron chi connectivity index (χ1n) is 8.80. The van der Waals surface area contributed by atoms with Crippen LogP contribution in [0.4, 0.5) is 13.2 Å². The van der Waals surface area contributed by atoms with Gasteiger partial charge >= 0.3 is 6.18 Å². The molecule has 1 saturated heterocycles. The number of hydrogen-bond acceptors (Lipinski definition) is 2. The maximum atomic E-state index is 12.9. The van der Waals surface area contributed by atoms with E-state index in [1.54, 1.807) is 24.7 Å². The van der Waals surface area contributed by atoms with Crippen LogP contribution >= 0.6 is 0 Å². The van der Waals surface area contributed by atoms with E-state index < -0.39 is 11.7 Å². The molecular formula is C22H21F3NO. The highest BCUT2D eigenvalue weighted by molar-refractivity contribution is 5.33. The van der Waals surface area contributed by atoms with E-state index >= 15 is 0 Å². The number of hydrogen-bond donors (Lipinski definition) is 0. The molecule has 0 spiro atoms. The molecule has 0 unspecified atom stereocenters. The van der Waals surface area contributed by atoms with Crippen molar-refractivity contribution in [2.45, 2.75) is 38.0 Å². The summed E-state index contributed by atoms with van der Waals surface area (Å²) in [6, 6.07) is 7.06.